The van der Waals surface area contributed by atoms with Crippen LogP contribution in [0.4, 0.5) is 0 Å². The monoisotopic (exact) mass is 243 g/mol. The van der Waals surface area contributed by atoms with Crippen molar-refractivity contribution in [1.29, 1.82) is 0 Å². The predicted octanol–water partition coefficient (Wildman–Crippen LogP) is 1.03. The van der Waals surface area contributed by atoms with Gasteiger partial charge in [0.1, 0.15) is 6.33 Å². The van der Waals surface area contributed by atoms with E-state index in [2.05, 4.69) is 26.4 Å². The molecule has 94 valence electrons. The SMILES string of the molecule is Cn1nccc1-c1cc(C[C@H]2CCNC2)ncn1. The quantitative estimate of drug-likeness (QED) is 0.874. The number of hydrogen-bond donors (Lipinski definition) is 1. The molecule has 2 aromatic rings. The molecule has 0 amide bonds. The number of aryl methyl sites for hydroxylation is 1. The molecule has 1 N–H and O–H groups in total. The first-order valence-electron chi connectivity index (χ1n) is 6.33. The molecule has 1 saturated heterocycles. The first-order valence-corrected chi connectivity index (χ1v) is 6.33. The molecule has 0 radical (unpaired) electrons. The lowest BCUT2D eigenvalue weighted by molar-refractivity contribution is 0.571. The van der Waals surface area contributed by atoms with Crippen LogP contribution in [-0.2, 0) is 13.5 Å². The molecule has 0 saturated carbocycles. The van der Waals surface area contributed by atoms with Crippen LogP contribution >= 0.6 is 0 Å². The van der Waals surface area contributed by atoms with Gasteiger partial charge in [0.15, 0.2) is 0 Å². The molecule has 5 nitrogen and oxygen atoms in total. The minimum atomic E-state index is 0.708. The topological polar surface area (TPSA) is 55.6 Å². The van der Waals surface area contributed by atoms with E-state index in [-0.39, 0.29) is 0 Å². The second-order valence-electron chi connectivity index (χ2n) is 4.80. The van der Waals surface area contributed by atoms with Gasteiger partial charge in [0.05, 0.1) is 11.4 Å². The fourth-order valence-electron chi connectivity index (χ4n) is 2.46. The van der Waals surface area contributed by atoms with Gasteiger partial charge in [-0.3, -0.25) is 4.68 Å². The normalized spacial score (nSPS) is 19.3. The van der Waals surface area contributed by atoms with Crippen LogP contribution in [0.3, 0.4) is 0 Å². The highest BCUT2D eigenvalue weighted by Gasteiger charge is 2.16. The second-order valence-corrected chi connectivity index (χ2v) is 4.80. The van der Waals surface area contributed by atoms with E-state index in [1.165, 1.54) is 6.42 Å². The molecule has 1 fully saturated rings. The van der Waals surface area contributed by atoms with Gasteiger partial charge in [-0.1, -0.05) is 0 Å². The van der Waals surface area contributed by atoms with E-state index < -0.39 is 0 Å². The summed E-state index contributed by atoms with van der Waals surface area (Å²) in [4.78, 5) is 8.70. The fourth-order valence-corrected chi connectivity index (χ4v) is 2.46. The lowest BCUT2D eigenvalue weighted by Crippen LogP contribution is -2.11. The van der Waals surface area contributed by atoms with Crippen LogP contribution in [0.15, 0.2) is 24.7 Å². The van der Waals surface area contributed by atoms with Crippen LogP contribution in [0.25, 0.3) is 11.4 Å². The van der Waals surface area contributed by atoms with Crippen molar-refractivity contribution in [3.8, 4) is 11.4 Å². The largest absolute Gasteiger partial charge is 0.316 e. The predicted molar refractivity (Wildman–Crippen MR) is 68.9 cm³/mol. The molecule has 3 rings (SSSR count). The van der Waals surface area contributed by atoms with E-state index in [4.69, 9.17) is 0 Å². The molecule has 0 spiro atoms. The molecule has 0 unspecified atom stereocenters. The smallest absolute Gasteiger partial charge is 0.116 e. The van der Waals surface area contributed by atoms with Crippen LogP contribution in [0.2, 0.25) is 0 Å². The average Bonchev–Trinajstić information content (AvgIpc) is 3.01. The number of nitrogens with one attached hydrogen (secondary N) is 1. The van der Waals surface area contributed by atoms with Gasteiger partial charge in [-0.05, 0) is 44.0 Å². The lowest BCUT2D eigenvalue weighted by atomic mass is 10.0. The molecule has 18 heavy (non-hydrogen) atoms. The third-order valence-corrected chi connectivity index (χ3v) is 3.47. The lowest BCUT2D eigenvalue weighted by Gasteiger charge is -2.08. The van der Waals surface area contributed by atoms with Crippen molar-refractivity contribution in [2.45, 2.75) is 12.8 Å². The van der Waals surface area contributed by atoms with Crippen LogP contribution in [0, 0.1) is 5.92 Å². The maximum absolute atomic E-state index is 4.37. The third kappa shape index (κ3) is 2.26. The maximum atomic E-state index is 4.37. The van der Waals surface area contributed by atoms with Crippen LogP contribution < -0.4 is 5.32 Å². The van der Waals surface area contributed by atoms with Gasteiger partial charge in [-0.15, -0.1) is 0 Å². The van der Waals surface area contributed by atoms with Crippen LogP contribution in [0.5, 0.6) is 0 Å². The molecule has 5 heteroatoms. The average molecular weight is 243 g/mol. The Kier molecular flexibility index (Phi) is 3.06. The Hall–Kier alpha value is -1.75. The Balaban J connectivity index is 1.82. The van der Waals surface area contributed by atoms with Crippen molar-refractivity contribution in [2.75, 3.05) is 13.1 Å². The van der Waals surface area contributed by atoms with Gasteiger partial charge in [-0.25, -0.2) is 9.97 Å². The van der Waals surface area contributed by atoms with Crippen molar-refractivity contribution < 1.29 is 0 Å². The zero-order chi connectivity index (χ0) is 12.4. The Labute approximate surface area is 106 Å². The molecule has 0 aliphatic carbocycles. The van der Waals surface area contributed by atoms with Crippen molar-refractivity contribution in [3.05, 3.63) is 30.4 Å². The summed E-state index contributed by atoms with van der Waals surface area (Å²) in [5, 5.41) is 7.56. The summed E-state index contributed by atoms with van der Waals surface area (Å²) in [5.41, 5.74) is 3.10. The molecular formula is C13H17N5. The molecule has 1 aliphatic heterocycles. The van der Waals surface area contributed by atoms with Crippen LogP contribution in [0.1, 0.15) is 12.1 Å². The van der Waals surface area contributed by atoms with Crippen molar-refractivity contribution >= 4 is 0 Å². The van der Waals surface area contributed by atoms with Crippen LogP contribution in [-0.4, -0.2) is 32.8 Å². The first-order chi connectivity index (χ1) is 8.83. The molecule has 1 atom stereocenters. The molecule has 1 aliphatic rings. The van der Waals surface area contributed by atoms with E-state index in [1.807, 2.05) is 17.8 Å². The Morgan fingerprint density at radius 2 is 2.39 bits per heavy atom. The van der Waals surface area contributed by atoms with Gasteiger partial charge in [0.2, 0.25) is 0 Å². The first kappa shape index (κ1) is 11.3. The van der Waals surface area contributed by atoms with Gasteiger partial charge in [-0.2, -0.15) is 5.10 Å². The number of hydrogen-bond acceptors (Lipinski definition) is 4. The van der Waals surface area contributed by atoms with Gasteiger partial charge >= 0.3 is 0 Å². The van der Waals surface area contributed by atoms with E-state index in [9.17, 15) is 0 Å². The van der Waals surface area contributed by atoms with Crippen molar-refractivity contribution in [3.63, 3.8) is 0 Å². The molecule has 3 heterocycles. The molecule has 0 bridgehead atoms. The number of nitrogens with zero attached hydrogens (tertiary/aromatic N) is 4. The Morgan fingerprint density at radius 1 is 1.44 bits per heavy atom. The molecular weight excluding hydrogens is 226 g/mol. The molecule has 2 aromatic heterocycles. The van der Waals surface area contributed by atoms with Gasteiger partial charge in [0.25, 0.3) is 0 Å². The summed E-state index contributed by atoms with van der Waals surface area (Å²) in [6.07, 6.45) is 5.71. The highest BCUT2D eigenvalue weighted by Crippen LogP contribution is 2.18. The number of aromatic nitrogens is 4. The summed E-state index contributed by atoms with van der Waals surface area (Å²) >= 11 is 0. The Morgan fingerprint density at radius 3 is 3.11 bits per heavy atom. The maximum Gasteiger partial charge on any atom is 0.116 e. The second kappa shape index (κ2) is 4.86. The van der Waals surface area contributed by atoms with Crippen molar-refractivity contribution in [1.82, 2.24) is 25.1 Å². The van der Waals surface area contributed by atoms with Gasteiger partial charge < -0.3 is 5.32 Å². The van der Waals surface area contributed by atoms with E-state index in [0.29, 0.717) is 5.92 Å². The van der Waals surface area contributed by atoms with E-state index in [1.54, 1.807) is 12.5 Å². The van der Waals surface area contributed by atoms with Crippen molar-refractivity contribution in [2.24, 2.45) is 13.0 Å². The third-order valence-electron chi connectivity index (χ3n) is 3.47. The number of rotatable bonds is 3. The van der Waals surface area contributed by atoms with E-state index >= 15 is 0 Å². The Bertz CT molecular complexity index is 528. The summed E-state index contributed by atoms with van der Waals surface area (Å²) in [5.74, 6) is 0.708. The van der Waals surface area contributed by atoms with Gasteiger partial charge in [0, 0.05) is 18.9 Å². The molecule has 0 aromatic carbocycles. The zero-order valence-electron chi connectivity index (χ0n) is 10.5. The minimum Gasteiger partial charge on any atom is -0.316 e. The van der Waals surface area contributed by atoms with E-state index in [0.717, 1.165) is 36.6 Å². The standard InChI is InChI=1S/C13H17N5/c1-18-13(3-5-17-18)12-7-11(15-9-16-12)6-10-2-4-14-8-10/h3,5,7,9-10,14H,2,4,6,8H2,1H3/t10-/m1/s1. The fraction of sp³-hybridized carbons (Fsp3) is 0.462. The summed E-state index contributed by atoms with van der Waals surface area (Å²) in [6, 6.07) is 4.05. The zero-order valence-corrected chi connectivity index (χ0v) is 10.5. The minimum absolute atomic E-state index is 0.708. The summed E-state index contributed by atoms with van der Waals surface area (Å²) in [7, 11) is 1.93. The summed E-state index contributed by atoms with van der Waals surface area (Å²) in [6.45, 7) is 2.23. The highest BCUT2D eigenvalue weighted by atomic mass is 15.3. The summed E-state index contributed by atoms with van der Waals surface area (Å²) < 4.78 is 1.84. The highest BCUT2D eigenvalue weighted by molar-refractivity contribution is 5.53.